The monoisotopic (exact) mass is 350 g/mol. The lowest BCUT2D eigenvalue weighted by Gasteiger charge is -2.16. The zero-order chi connectivity index (χ0) is 18.1. The smallest absolute Gasteiger partial charge is 0.163 e. The molecule has 0 bridgehead atoms. The molecule has 0 spiro atoms. The van der Waals surface area contributed by atoms with E-state index >= 15 is 0 Å². The molecule has 0 saturated carbocycles. The molecular weight excluding hydrogens is 331 g/mol. The maximum absolute atomic E-state index is 13.3. The van der Waals surface area contributed by atoms with Gasteiger partial charge in [-0.05, 0) is 54.7 Å². The molecule has 26 heavy (non-hydrogen) atoms. The van der Waals surface area contributed by atoms with Crippen molar-refractivity contribution >= 4 is 11.4 Å². The molecule has 2 aromatic carbocycles. The highest BCUT2D eigenvalue weighted by Gasteiger charge is 2.26. The quantitative estimate of drug-likeness (QED) is 0.669. The molecule has 4 nitrogen and oxygen atoms in total. The molecule has 4 rings (SSSR count). The first kappa shape index (κ1) is 16.5. The van der Waals surface area contributed by atoms with Crippen LogP contribution in [0.3, 0.4) is 0 Å². The van der Waals surface area contributed by atoms with Crippen LogP contribution in [-0.2, 0) is 6.42 Å². The molecule has 5 heteroatoms. The van der Waals surface area contributed by atoms with Gasteiger partial charge in [-0.1, -0.05) is 29.4 Å². The molecule has 1 aliphatic rings. The average molecular weight is 350 g/mol. The minimum Gasteiger partial charge on any atom is -0.497 e. The molecule has 0 N–H and O–H groups in total. The number of hydrogen-bond acceptors (Lipinski definition) is 4. The van der Waals surface area contributed by atoms with Gasteiger partial charge >= 0.3 is 0 Å². The lowest BCUT2D eigenvalue weighted by atomic mass is 9.88. The van der Waals surface area contributed by atoms with E-state index in [1.165, 1.54) is 17.7 Å². The number of aliphatic imine (C=N–C) groups is 1. The Morgan fingerprint density at radius 1 is 1.04 bits per heavy atom. The number of ether oxygens (including phenoxy) is 1. The molecule has 0 unspecified atom stereocenters. The van der Waals surface area contributed by atoms with Crippen molar-refractivity contribution in [3.63, 3.8) is 0 Å². The molecule has 2 heterocycles. The van der Waals surface area contributed by atoms with E-state index in [0.29, 0.717) is 0 Å². The van der Waals surface area contributed by atoms with E-state index in [4.69, 9.17) is 14.3 Å². The highest BCUT2D eigenvalue weighted by molar-refractivity contribution is 6.03. The molecule has 0 radical (unpaired) electrons. The van der Waals surface area contributed by atoms with Crippen molar-refractivity contribution in [1.82, 2.24) is 5.16 Å². The number of hydrogen-bond donors (Lipinski definition) is 0. The van der Waals surface area contributed by atoms with Crippen LogP contribution in [0.1, 0.15) is 34.9 Å². The third-order valence-corrected chi connectivity index (χ3v) is 4.78. The van der Waals surface area contributed by atoms with Crippen LogP contribution in [-0.4, -0.2) is 18.0 Å². The second-order valence-electron chi connectivity index (χ2n) is 6.48. The molecule has 1 aromatic heterocycles. The summed E-state index contributed by atoms with van der Waals surface area (Å²) in [6.45, 7) is 1.89. The Kier molecular flexibility index (Phi) is 4.29. The van der Waals surface area contributed by atoms with Gasteiger partial charge in [0.2, 0.25) is 0 Å². The molecule has 1 atom stereocenters. The predicted molar refractivity (Wildman–Crippen MR) is 97.9 cm³/mol. The molecular formula is C21H19FN2O2. The van der Waals surface area contributed by atoms with E-state index in [2.05, 4.69) is 17.3 Å². The van der Waals surface area contributed by atoms with Gasteiger partial charge in [0.25, 0.3) is 0 Å². The fourth-order valence-corrected chi connectivity index (χ4v) is 3.34. The van der Waals surface area contributed by atoms with Gasteiger partial charge < -0.3 is 9.26 Å². The molecule has 3 aromatic rings. The van der Waals surface area contributed by atoms with Gasteiger partial charge in [0.15, 0.2) is 5.76 Å². The Morgan fingerprint density at radius 2 is 1.77 bits per heavy atom. The lowest BCUT2D eigenvalue weighted by molar-refractivity contribution is 0.373. The van der Waals surface area contributed by atoms with Crippen LogP contribution in [0.4, 0.5) is 10.1 Å². The highest BCUT2D eigenvalue weighted by atomic mass is 19.1. The number of aromatic nitrogens is 1. The van der Waals surface area contributed by atoms with E-state index in [9.17, 15) is 4.39 Å². The van der Waals surface area contributed by atoms with Crippen molar-refractivity contribution in [3.8, 4) is 5.75 Å². The molecule has 0 aliphatic carbocycles. The maximum atomic E-state index is 13.3. The van der Waals surface area contributed by atoms with Crippen molar-refractivity contribution in [1.29, 1.82) is 0 Å². The third kappa shape index (κ3) is 3.12. The van der Waals surface area contributed by atoms with E-state index in [1.807, 2.05) is 19.1 Å². The van der Waals surface area contributed by atoms with Gasteiger partial charge in [-0.3, -0.25) is 0 Å². The van der Waals surface area contributed by atoms with Crippen LogP contribution >= 0.6 is 0 Å². The van der Waals surface area contributed by atoms with E-state index in [-0.39, 0.29) is 11.7 Å². The molecule has 0 saturated heterocycles. The fourth-order valence-electron chi connectivity index (χ4n) is 3.34. The SMILES string of the molecule is COc1ccc([C@@H]2CC(c3ccc(F)cc3)=Nc3c(C)noc3C2)cc1. The second-order valence-corrected chi connectivity index (χ2v) is 6.48. The van der Waals surface area contributed by atoms with Gasteiger partial charge in [0.05, 0.1) is 7.11 Å². The summed E-state index contributed by atoms with van der Waals surface area (Å²) in [5, 5.41) is 4.08. The first-order chi connectivity index (χ1) is 12.6. The maximum Gasteiger partial charge on any atom is 0.163 e. The summed E-state index contributed by atoms with van der Waals surface area (Å²) in [5.41, 5.74) is 4.58. The summed E-state index contributed by atoms with van der Waals surface area (Å²) in [5.74, 6) is 1.56. The zero-order valence-corrected chi connectivity index (χ0v) is 14.7. The summed E-state index contributed by atoms with van der Waals surface area (Å²) in [6.07, 6.45) is 1.46. The minimum absolute atomic E-state index is 0.193. The Morgan fingerprint density at radius 3 is 2.46 bits per heavy atom. The van der Waals surface area contributed by atoms with Gasteiger partial charge in [-0.15, -0.1) is 0 Å². The normalized spacial score (nSPS) is 16.6. The second kappa shape index (κ2) is 6.75. The first-order valence-corrected chi connectivity index (χ1v) is 8.56. The van der Waals surface area contributed by atoms with Crippen molar-refractivity contribution in [2.24, 2.45) is 4.99 Å². The van der Waals surface area contributed by atoms with Crippen LogP contribution in [0.5, 0.6) is 5.75 Å². The van der Waals surface area contributed by atoms with Gasteiger partial charge in [0, 0.05) is 12.1 Å². The van der Waals surface area contributed by atoms with Gasteiger partial charge in [0.1, 0.15) is 22.9 Å². The fraction of sp³-hybridized carbons (Fsp3) is 0.238. The summed E-state index contributed by atoms with van der Waals surface area (Å²) < 4.78 is 24.1. The number of rotatable bonds is 3. The number of methoxy groups -OCH3 is 1. The van der Waals surface area contributed by atoms with Crippen molar-refractivity contribution in [2.75, 3.05) is 7.11 Å². The number of nitrogens with zero attached hydrogens (tertiary/aromatic N) is 2. The average Bonchev–Trinajstić information content (AvgIpc) is 2.90. The molecule has 0 amide bonds. The van der Waals surface area contributed by atoms with E-state index in [1.54, 1.807) is 19.2 Å². The number of benzene rings is 2. The van der Waals surface area contributed by atoms with Gasteiger partial charge in [-0.25, -0.2) is 9.38 Å². The van der Waals surface area contributed by atoms with E-state index in [0.717, 1.165) is 47.0 Å². The van der Waals surface area contributed by atoms with Crippen LogP contribution < -0.4 is 4.74 Å². The Bertz CT molecular complexity index is 943. The third-order valence-electron chi connectivity index (χ3n) is 4.78. The summed E-state index contributed by atoms with van der Waals surface area (Å²) in [6, 6.07) is 14.5. The summed E-state index contributed by atoms with van der Waals surface area (Å²) in [7, 11) is 1.66. The van der Waals surface area contributed by atoms with Crippen LogP contribution in [0.15, 0.2) is 58.0 Å². The molecule has 1 aliphatic heterocycles. The number of aryl methyl sites for hydroxylation is 1. The Balaban J connectivity index is 1.76. The van der Waals surface area contributed by atoms with Crippen molar-refractivity contribution < 1.29 is 13.7 Å². The largest absolute Gasteiger partial charge is 0.497 e. The standard InChI is InChI=1S/C21H19FN2O2/c1-13-21-20(26-24-13)12-16(14-5-9-18(25-2)10-6-14)11-19(23-21)15-3-7-17(22)8-4-15/h3-10,16H,11-12H2,1-2H3/t16-/m1/s1. The number of fused-ring (bicyclic) bond motifs is 1. The Hall–Kier alpha value is -2.95. The highest BCUT2D eigenvalue weighted by Crippen LogP contribution is 2.37. The predicted octanol–water partition coefficient (Wildman–Crippen LogP) is 4.98. The summed E-state index contributed by atoms with van der Waals surface area (Å²) >= 11 is 0. The van der Waals surface area contributed by atoms with Crippen LogP contribution in [0.2, 0.25) is 0 Å². The lowest BCUT2D eigenvalue weighted by Crippen LogP contribution is -2.09. The zero-order valence-electron chi connectivity index (χ0n) is 14.7. The van der Waals surface area contributed by atoms with Gasteiger partial charge in [-0.2, -0.15) is 0 Å². The number of halogens is 1. The van der Waals surface area contributed by atoms with Crippen molar-refractivity contribution in [3.05, 3.63) is 76.9 Å². The first-order valence-electron chi connectivity index (χ1n) is 8.56. The topological polar surface area (TPSA) is 47.6 Å². The van der Waals surface area contributed by atoms with Crippen LogP contribution in [0, 0.1) is 12.7 Å². The Labute approximate surface area is 151 Å². The van der Waals surface area contributed by atoms with Crippen molar-refractivity contribution in [2.45, 2.75) is 25.7 Å². The molecule has 132 valence electrons. The molecule has 0 fully saturated rings. The summed E-state index contributed by atoms with van der Waals surface area (Å²) in [4.78, 5) is 4.82. The minimum atomic E-state index is -0.253. The van der Waals surface area contributed by atoms with Crippen LogP contribution in [0.25, 0.3) is 0 Å². The van der Waals surface area contributed by atoms with E-state index < -0.39 is 0 Å².